The van der Waals surface area contributed by atoms with Gasteiger partial charge in [-0.15, -0.1) is 0 Å². The Morgan fingerprint density at radius 1 is 1.35 bits per heavy atom. The van der Waals surface area contributed by atoms with Crippen LogP contribution in [0.2, 0.25) is 0 Å². The highest BCUT2D eigenvalue weighted by Crippen LogP contribution is 2.19. The summed E-state index contributed by atoms with van der Waals surface area (Å²) < 4.78 is 61.6. The second-order valence-corrected chi connectivity index (χ2v) is 5.87. The molecule has 0 saturated carbocycles. The topological polar surface area (TPSA) is 86.9 Å². The van der Waals surface area contributed by atoms with Gasteiger partial charge in [0.25, 0.3) is 10.0 Å². The number of sulfonamides is 1. The summed E-state index contributed by atoms with van der Waals surface area (Å²) in [5.74, 6) is 0. The van der Waals surface area contributed by atoms with E-state index in [9.17, 15) is 21.6 Å². The molecule has 0 spiro atoms. The van der Waals surface area contributed by atoms with Crippen molar-refractivity contribution in [3.63, 3.8) is 0 Å². The van der Waals surface area contributed by atoms with E-state index >= 15 is 0 Å². The molecule has 1 heterocycles. The predicted octanol–water partition coefficient (Wildman–Crippen LogP) is 1.14. The lowest BCUT2D eigenvalue weighted by molar-refractivity contribution is -0.132. The summed E-state index contributed by atoms with van der Waals surface area (Å²) in [7, 11) is -4.02. The Balaban J connectivity index is 2.65. The first-order chi connectivity index (χ1) is 9.26. The molecule has 0 aliphatic rings. The molecule has 0 radical (unpaired) electrons. The Hall–Kier alpha value is -1.13. The third-order valence-electron chi connectivity index (χ3n) is 2.39. The average molecular weight is 314 g/mol. The van der Waals surface area contributed by atoms with Gasteiger partial charge < -0.3 is 5.32 Å². The second kappa shape index (κ2) is 7.04. The minimum atomic E-state index is -4.40. The number of aromatic amines is 1. The molecule has 0 unspecified atom stereocenters. The monoisotopic (exact) mass is 314 g/mol. The molecular formula is C10H17F3N4O2S. The van der Waals surface area contributed by atoms with Crippen molar-refractivity contribution < 1.29 is 21.6 Å². The molecule has 3 N–H and O–H groups in total. The maximum absolute atomic E-state index is 12.0. The van der Waals surface area contributed by atoms with Crippen molar-refractivity contribution in [1.82, 2.24) is 20.2 Å². The van der Waals surface area contributed by atoms with E-state index in [1.54, 1.807) is 0 Å². The molecule has 1 aromatic rings. The van der Waals surface area contributed by atoms with E-state index in [0.29, 0.717) is 12.1 Å². The molecule has 116 valence electrons. The Kier molecular flexibility index (Phi) is 5.96. The fourth-order valence-corrected chi connectivity index (χ4v) is 2.62. The fourth-order valence-electron chi connectivity index (χ4n) is 1.46. The number of halogens is 3. The number of H-pyrrole nitrogens is 1. The van der Waals surface area contributed by atoms with Crippen LogP contribution in [0.1, 0.15) is 25.3 Å². The smallest absolute Gasteiger partial charge is 0.313 e. The van der Waals surface area contributed by atoms with Gasteiger partial charge in [-0.1, -0.05) is 6.92 Å². The van der Waals surface area contributed by atoms with Gasteiger partial charge in [-0.2, -0.15) is 18.3 Å². The van der Waals surface area contributed by atoms with E-state index in [1.807, 2.05) is 11.6 Å². The van der Waals surface area contributed by atoms with E-state index < -0.39 is 29.2 Å². The zero-order valence-electron chi connectivity index (χ0n) is 10.9. The Bertz CT molecular complexity index is 513. The van der Waals surface area contributed by atoms with Crippen LogP contribution < -0.4 is 10.0 Å². The minimum absolute atomic E-state index is 0.205. The van der Waals surface area contributed by atoms with Gasteiger partial charge in [-0.05, 0) is 13.0 Å². The molecule has 6 nitrogen and oxygen atoms in total. The first-order valence-corrected chi connectivity index (χ1v) is 7.54. The molecule has 1 rings (SSSR count). The lowest BCUT2D eigenvalue weighted by Gasteiger charge is -2.09. The Morgan fingerprint density at radius 2 is 2.05 bits per heavy atom. The van der Waals surface area contributed by atoms with Gasteiger partial charge in [0.1, 0.15) is 0 Å². The maximum Gasteiger partial charge on any atom is 0.390 e. The quantitative estimate of drug-likeness (QED) is 0.628. The third kappa shape index (κ3) is 5.47. The maximum atomic E-state index is 12.0. The highest BCUT2D eigenvalue weighted by Gasteiger charge is 2.28. The number of aromatic nitrogens is 2. The molecule has 1 aromatic heterocycles. The van der Waals surface area contributed by atoms with Crippen LogP contribution in [0.25, 0.3) is 0 Å². The summed E-state index contributed by atoms with van der Waals surface area (Å²) in [5, 5.41) is 8.71. The normalized spacial score (nSPS) is 12.8. The van der Waals surface area contributed by atoms with Crippen LogP contribution in [0.4, 0.5) is 13.2 Å². The third-order valence-corrected chi connectivity index (χ3v) is 3.86. The van der Waals surface area contributed by atoms with Gasteiger partial charge in [0.05, 0.1) is 12.6 Å². The Labute approximate surface area is 115 Å². The van der Waals surface area contributed by atoms with E-state index in [1.165, 1.54) is 6.20 Å². The van der Waals surface area contributed by atoms with E-state index in [0.717, 1.165) is 6.42 Å². The SMILES string of the molecule is CCCNCc1cn[nH]c1S(=O)(=O)NCCC(F)(F)F. The summed E-state index contributed by atoms with van der Waals surface area (Å²) in [6, 6.07) is 0. The van der Waals surface area contributed by atoms with Crippen LogP contribution in [0, 0.1) is 0 Å². The standard InChI is InChI=1S/C10H17F3N4O2S/c1-2-4-14-6-8-7-15-17-9(8)20(18,19)16-5-3-10(11,12)13/h7,14,16H,2-6H2,1H3,(H,15,17). The van der Waals surface area contributed by atoms with E-state index in [2.05, 4.69) is 15.5 Å². The van der Waals surface area contributed by atoms with Gasteiger partial charge in [0.2, 0.25) is 0 Å². The molecule has 0 saturated heterocycles. The Morgan fingerprint density at radius 3 is 2.65 bits per heavy atom. The summed E-state index contributed by atoms with van der Waals surface area (Å²) in [6.07, 6.45) is -3.41. The molecule has 10 heteroatoms. The predicted molar refractivity (Wildman–Crippen MR) is 66.4 cm³/mol. The number of nitrogens with one attached hydrogen (secondary N) is 3. The zero-order valence-corrected chi connectivity index (χ0v) is 11.7. The summed E-state index contributed by atoms with van der Waals surface area (Å²) in [5.41, 5.74) is 0.387. The van der Waals surface area contributed by atoms with Crippen LogP contribution in [-0.2, 0) is 16.6 Å². The van der Waals surface area contributed by atoms with Crippen LogP contribution in [0.15, 0.2) is 11.2 Å². The molecule has 20 heavy (non-hydrogen) atoms. The van der Waals surface area contributed by atoms with Crippen LogP contribution in [-0.4, -0.2) is 37.9 Å². The van der Waals surface area contributed by atoms with Gasteiger partial charge in [0, 0.05) is 18.7 Å². The highest BCUT2D eigenvalue weighted by molar-refractivity contribution is 7.89. The highest BCUT2D eigenvalue weighted by atomic mass is 32.2. The summed E-state index contributed by atoms with van der Waals surface area (Å²) in [4.78, 5) is 0. The first-order valence-electron chi connectivity index (χ1n) is 6.05. The summed E-state index contributed by atoms with van der Waals surface area (Å²) in [6.45, 7) is 2.23. The van der Waals surface area contributed by atoms with Crippen molar-refractivity contribution in [3.05, 3.63) is 11.8 Å². The molecule has 0 aliphatic heterocycles. The summed E-state index contributed by atoms with van der Waals surface area (Å²) >= 11 is 0. The number of hydrogen-bond acceptors (Lipinski definition) is 4. The van der Waals surface area contributed by atoms with Gasteiger partial charge in [0.15, 0.2) is 5.03 Å². The molecule has 0 fully saturated rings. The number of rotatable bonds is 8. The van der Waals surface area contributed by atoms with Gasteiger partial charge in [-0.3, -0.25) is 5.10 Å². The molecular weight excluding hydrogens is 297 g/mol. The molecule has 0 amide bonds. The van der Waals surface area contributed by atoms with Crippen molar-refractivity contribution in [2.75, 3.05) is 13.1 Å². The van der Waals surface area contributed by atoms with Crippen LogP contribution >= 0.6 is 0 Å². The molecule has 0 aliphatic carbocycles. The number of alkyl halides is 3. The number of hydrogen-bond donors (Lipinski definition) is 3. The van der Waals surface area contributed by atoms with Crippen molar-refractivity contribution in [2.24, 2.45) is 0 Å². The lowest BCUT2D eigenvalue weighted by atomic mass is 10.3. The molecule has 0 aromatic carbocycles. The average Bonchev–Trinajstić information content (AvgIpc) is 2.76. The van der Waals surface area contributed by atoms with Crippen molar-refractivity contribution in [3.8, 4) is 0 Å². The van der Waals surface area contributed by atoms with E-state index in [-0.39, 0.29) is 11.6 Å². The fraction of sp³-hybridized carbons (Fsp3) is 0.700. The largest absolute Gasteiger partial charge is 0.390 e. The second-order valence-electron chi connectivity index (χ2n) is 4.16. The lowest BCUT2D eigenvalue weighted by Crippen LogP contribution is -2.29. The van der Waals surface area contributed by atoms with Gasteiger partial charge >= 0.3 is 6.18 Å². The molecule has 0 bridgehead atoms. The first kappa shape index (κ1) is 16.9. The van der Waals surface area contributed by atoms with Crippen molar-refractivity contribution in [2.45, 2.75) is 37.5 Å². The van der Waals surface area contributed by atoms with Crippen molar-refractivity contribution in [1.29, 1.82) is 0 Å². The minimum Gasteiger partial charge on any atom is -0.313 e. The zero-order chi connectivity index (χ0) is 15.2. The van der Waals surface area contributed by atoms with Crippen LogP contribution in [0.5, 0.6) is 0 Å². The van der Waals surface area contributed by atoms with Crippen molar-refractivity contribution >= 4 is 10.0 Å². The van der Waals surface area contributed by atoms with E-state index in [4.69, 9.17) is 0 Å². The number of nitrogens with zero attached hydrogens (tertiary/aromatic N) is 1. The van der Waals surface area contributed by atoms with Crippen LogP contribution in [0.3, 0.4) is 0 Å². The molecule has 0 atom stereocenters. The van der Waals surface area contributed by atoms with Gasteiger partial charge in [-0.25, -0.2) is 13.1 Å².